The molecule has 2 N–H and O–H groups in total. The molecule has 0 radical (unpaired) electrons. The third-order valence-corrected chi connectivity index (χ3v) is 6.62. The number of allylic oxidation sites excluding steroid dienone is 1. The first-order valence-corrected chi connectivity index (χ1v) is 11.4. The Morgan fingerprint density at radius 2 is 1.56 bits per heavy atom. The highest BCUT2D eigenvalue weighted by molar-refractivity contribution is 6.01. The number of carbonyl (C=O) groups excluding carboxylic acids is 1. The van der Waals surface area contributed by atoms with E-state index in [1.165, 1.54) is 0 Å². The molecule has 34 heavy (non-hydrogen) atoms. The van der Waals surface area contributed by atoms with Crippen LogP contribution in [0.3, 0.4) is 0 Å². The summed E-state index contributed by atoms with van der Waals surface area (Å²) < 4.78 is 16.4. The summed E-state index contributed by atoms with van der Waals surface area (Å²) in [7, 11) is 4.90. The van der Waals surface area contributed by atoms with E-state index in [0.717, 1.165) is 39.5 Å². The van der Waals surface area contributed by atoms with E-state index in [1.54, 1.807) is 21.3 Å². The van der Waals surface area contributed by atoms with Gasteiger partial charge in [0.25, 0.3) is 0 Å². The lowest BCUT2D eigenvalue weighted by Gasteiger charge is -2.30. The van der Waals surface area contributed by atoms with Gasteiger partial charge in [-0.15, -0.1) is 0 Å². The van der Waals surface area contributed by atoms with Crippen LogP contribution in [-0.2, 0) is 4.79 Å². The number of ketones is 1. The number of carbonyl (C=O) groups is 1. The number of benzene rings is 3. The highest BCUT2D eigenvalue weighted by Crippen LogP contribution is 2.45. The normalized spacial score (nSPS) is 19.2. The van der Waals surface area contributed by atoms with Crippen molar-refractivity contribution in [2.45, 2.75) is 24.8 Å². The fraction of sp³-hybridized carbons (Fsp3) is 0.250. The van der Waals surface area contributed by atoms with Crippen molar-refractivity contribution < 1.29 is 19.0 Å². The average molecular weight is 457 g/mol. The second kappa shape index (κ2) is 9.14. The summed E-state index contributed by atoms with van der Waals surface area (Å²) in [6, 6.07) is 21.6. The summed E-state index contributed by atoms with van der Waals surface area (Å²) in [4.78, 5) is 13.7. The number of methoxy groups -OCH3 is 3. The third-order valence-electron chi connectivity index (χ3n) is 6.62. The Morgan fingerprint density at radius 1 is 0.765 bits per heavy atom. The number of nitrogens with one attached hydrogen (secondary N) is 2. The third kappa shape index (κ3) is 3.96. The molecule has 3 aromatic carbocycles. The fourth-order valence-corrected chi connectivity index (χ4v) is 4.91. The predicted octanol–water partition coefficient (Wildman–Crippen LogP) is 5.69. The van der Waals surface area contributed by atoms with E-state index in [0.29, 0.717) is 24.3 Å². The van der Waals surface area contributed by atoms with Crippen LogP contribution < -0.4 is 24.8 Å². The summed E-state index contributed by atoms with van der Waals surface area (Å²) in [5.41, 5.74) is 5.69. The maximum Gasteiger partial charge on any atom is 0.163 e. The van der Waals surface area contributed by atoms with Gasteiger partial charge in [0.1, 0.15) is 5.75 Å². The van der Waals surface area contributed by atoms with Gasteiger partial charge < -0.3 is 24.8 Å². The SMILES string of the molecule is COc1cccc([C@@H]2Nc3ccccc3NC3=C2C(=O)C[C@H](c2ccc(OC)c(OC)c2)C3)c1. The Kier molecular flexibility index (Phi) is 5.88. The number of Topliss-reactive ketones (excluding diaryl/α,β-unsaturated/α-hetero) is 1. The van der Waals surface area contributed by atoms with Gasteiger partial charge in [-0.2, -0.15) is 0 Å². The molecule has 1 heterocycles. The molecule has 0 fully saturated rings. The first-order chi connectivity index (χ1) is 16.6. The second-order valence-electron chi connectivity index (χ2n) is 8.56. The van der Waals surface area contributed by atoms with E-state index in [1.807, 2.05) is 66.7 Å². The van der Waals surface area contributed by atoms with Crippen LogP contribution in [0.15, 0.2) is 78.0 Å². The van der Waals surface area contributed by atoms with Crippen LogP contribution >= 0.6 is 0 Å². The van der Waals surface area contributed by atoms with E-state index in [4.69, 9.17) is 14.2 Å². The van der Waals surface area contributed by atoms with E-state index in [9.17, 15) is 4.79 Å². The van der Waals surface area contributed by atoms with Gasteiger partial charge in [-0.25, -0.2) is 0 Å². The molecule has 2 atom stereocenters. The number of fused-ring (bicyclic) bond motifs is 1. The first-order valence-electron chi connectivity index (χ1n) is 11.4. The molecule has 1 aliphatic carbocycles. The molecule has 6 heteroatoms. The Balaban J connectivity index is 1.58. The van der Waals surface area contributed by atoms with Crippen molar-refractivity contribution >= 4 is 17.2 Å². The maximum absolute atomic E-state index is 13.7. The van der Waals surface area contributed by atoms with Crippen molar-refractivity contribution in [3.8, 4) is 17.2 Å². The molecule has 1 aliphatic heterocycles. The first kappa shape index (κ1) is 21.9. The largest absolute Gasteiger partial charge is 0.497 e. The lowest BCUT2D eigenvalue weighted by Crippen LogP contribution is -2.26. The topological polar surface area (TPSA) is 68.8 Å². The summed E-state index contributed by atoms with van der Waals surface area (Å²) >= 11 is 0. The zero-order valence-corrected chi connectivity index (χ0v) is 19.6. The molecular formula is C28H28N2O4. The molecule has 174 valence electrons. The lowest BCUT2D eigenvalue weighted by atomic mass is 9.78. The Hall–Kier alpha value is -3.93. The zero-order chi connectivity index (χ0) is 23.7. The van der Waals surface area contributed by atoms with Gasteiger partial charge in [0.15, 0.2) is 17.3 Å². The molecule has 2 aliphatic rings. The molecule has 0 saturated heterocycles. The van der Waals surface area contributed by atoms with Crippen LogP contribution in [0.4, 0.5) is 11.4 Å². The highest BCUT2D eigenvalue weighted by Gasteiger charge is 2.36. The smallest absolute Gasteiger partial charge is 0.163 e. The molecule has 0 spiro atoms. The summed E-state index contributed by atoms with van der Waals surface area (Å²) in [5.74, 6) is 2.27. The van der Waals surface area contributed by atoms with Crippen LogP contribution in [0.1, 0.15) is 35.9 Å². The molecule has 0 amide bonds. The molecule has 6 nitrogen and oxygen atoms in total. The molecule has 0 saturated carbocycles. The molecule has 0 bridgehead atoms. The fourth-order valence-electron chi connectivity index (χ4n) is 4.91. The highest BCUT2D eigenvalue weighted by atomic mass is 16.5. The van der Waals surface area contributed by atoms with Crippen molar-refractivity contribution in [2.75, 3.05) is 32.0 Å². The maximum atomic E-state index is 13.7. The quantitative estimate of drug-likeness (QED) is 0.514. The molecule has 0 unspecified atom stereocenters. The van der Waals surface area contributed by atoms with Crippen molar-refractivity contribution in [1.82, 2.24) is 0 Å². The van der Waals surface area contributed by atoms with Gasteiger partial charge in [0.2, 0.25) is 0 Å². The van der Waals surface area contributed by atoms with Gasteiger partial charge in [-0.1, -0.05) is 30.3 Å². The van der Waals surface area contributed by atoms with Crippen molar-refractivity contribution in [1.29, 1.82) is 0 Å². The molecule has 0 aromatic heterocycles. The monoisotopic (exact) mass is 456 g/mol. The Morgan fingerprint density at radius 3 is 2.32 bits per heavy atom. The standard InChI is InChI=1S/C28H28N2O4/c1-32-20-8-6-7-18(13-20)28-27-23(29-21-9-4-5-10-22(21)30-28)14-19(15-24(27)31)17-11-12-25(33-2)26(16-17)34-3/h4-13,16,19,28-30H,14-15H2,1-3H3/t19-,28+/m1/s1. The number of rotatable bonds is 5. The van der Waals surface area contributed by atoms with Crippen LogP contribution in [0.25, 0.3) is 0 Å². The Labute approximate surface area is 199 Å². The van der Waals surface area contributed by atoms with Crippen LogP contribution in [0.5, 0.6) is 17.2 Å². The summed E-state index contributed by atoms with van der Waals surface area (Å²) in [5, 5.41) is 7.19. The predicted molar refractivity (Wildman–Crippen MR) is 133 cm³/mol. The van der Waals surface area contributed by atoms with Gasteiger partial charge in [0, 0.05) is 17.7 Å². The number of hydrogen-bond donors (Lipinski definition) is 2. The van der Waals surface area contributed by atoms with Crippen molar-refractivity contribution in [3.63, 3.8) is 0 Å². The number of ether oxygens (including phenoxy) is 3. The minimum atomic E-state index is -0.278. The summed E-state index contributed by atoms with van der Waals surface area (Å²) in [6.07, 6.45) is 1.14. The van der Waals surface area contributed by atoms with E-state index < -0.39 is 0 Å². The molecular weight excluding hydrogens is 428 g/mol. The zero-order valence-electron chi connectivity index (χ0n) is 19.6. The average Bonchev–Trinajstić information content (AvgIpc) is 3.05. The Bertz CT molecular complexity index is 1270. The van der Waals surface area contributed by atoms with E-state index >= 15 is 0 Å². The number of para-hydroxylation sites is 2. The van der Waals surface area contributed by atoms with Crippen molar-refractivity contribution in [2.24, 2.45) is 0 Å². The number of anilines is 2. The van der Waals surface area contributed by atoms with Crippen molar-refractivity contribution in [3.05, 3.63) is 89.1 Å². The second-order valence-corrected chi connectivity index (χ2v) is 8.56. The number of hydrogen-bond acceptors (Lipinski definition) is 6. The van der Waals surface area contributed by atoms with Crippen LogP contribution in [0, 0.1) is 0 Å². The van der Waals surface area contributed by atoms with E-state index in [2.05, 4.69) is 10.6 Å². The van der Waals surface area contributed by atoms with Gasteiger partial charge in [0.05, 0.1) is 38.7 Å². The van der Waals surface area contributed by atoms with E-state index in [-0.39, 0.29) is 17.7 Å². The minimum Gasteiger partial charge on any atom is -0.497 e. The molecule has 5 rings (SSSR count). The van der Waals surface area contributed by atoms with Crippen LogP contribution in [0.2, 0.25) is 0 Å². The lowest BCUT2D eigenvalue weighted by molar-refractivity contribution is -0.116. The van der Waals surface area contributed by atoms with Gasteiger partial charge >= 0.3 is 0 Å². The molecule has 3 aromatic rings. The minimum absolute atomic E-state index is 0.0368. The van der Waals surface area contributed by atoms with Gasteiger partial charge in [-0.3, -0.25) is 4.79 Å². The van der Waals surface area contributed by atoms with Crippen LogP contribution in [-0.4, -0.2) is 27.1 Å². The summed E-state index contributed by atoms with van der Waals surface area (Å²) in [6.45, 7) is 0. The van der Waals surface area contributed by atoms with Gasteiger partial charge in [-0.05, 0) is 59.9 Å².